The van der Waals surface area contributed by atoms with Crippen molar-refractivity contribution in [3.8, 4) is 0 Å². The van der Waals surface area contributed by atoms with Crippen molar-refractivity contribution in [2.75, 3.05) is 4.90 Å². The number of anilines is 1. The SMILES string of the molecule is C[C@@]1(Cc2ccc(Br)cc2)C(=O)N(c2cc(Cl)cc(Cl)c2)C2=NC(Br)C(Br)N21. The van der Waals surface area contributed by atoms with Crippen LogP contribution in [0.25, 0.3) is 0 Å². The maximum Gasteiger partial charge on any atom is 0.259 e. The first-order valence-electron chi connectivity index (χ1n) is 8.41. The molecule has 0 bridgehead atoms. The number of halogens is 5. The molecule has 3 atom stereocenters. The van der Waals surface area contributed by atoms with Gasteiger partial charge in [-0.25, -0.2) is 9.89 Å². The molecule has 2 unspecified atom stereocenters. The van der Waals surface area contributed by atoms with Crippen LogP contribution >= 0.6 is 71.0 Å². The average Bonchev–Trinajstić information content (AvgIpc) is 3.01. The molecule has 146 valence electrons. The summed E-state index contributed by atoms with van der Waals surface area (Å²) in [4.78, 5) is 21.6. The van der Waals surface area contributed by atoms with Gasteiger partial charge in [-0.1, -0.05) is 83.1 Å². The quantitative estimate of drug-likeness (QED) is 0.306. The van der Waals surface area contributed by atoms with E-state index in [1.807, 2.05) is 36.1 Å². The summed E-state index contributed by atoms with van der Waals surface area (Å²) in [7, 11) is 0. The molecule has 1 saturated heterocycles. The topological polar surface area (TPSA) is 35.9 Å². The van der Waals surface area contributed by atoms with Gasteiger partial charge in [0, 0.05) is 20.9 Å². The van der Waals surface area contributed by atoms with Gasteiger partial charge < -0.3 is 4.90 Å². The van der Waals surface area contributed by atoms with Crippen LogP contribution in [0.3, 0.4) is 0 Å². The van der Waals surface area contributed by atoms with Gasteiger partial charge in [-0.3, -0.25) is 4.79 Å². The van der Waals surface area contributed by atoms with Crippen LogP contribution in [0, 0.1) is 0 Å². The molecule has 0 spiro atoms. The molecule has 28 heavy (non-hydrogen) atoms. The fourth-order valence-electron chi connectivity index (χ4n) is 3.62. The largest absolute Gasteiger partial charge is 0.312 e. The van der Waals surface area contributed by atoms with E-state index in [4.69, 9.17) is 23.2 Å². The Morgan fingerprint density at radius 1 is 1.11 bits per heavy atom. The molecule has 1 amide bonds. The van der Waals surface area contributed by atoms with Gasteiger partial charge in [-0.15, -0.1) is 0 Å². The van der Waals surface area contributed by atoms with Gasteiger partial charge in [0.15, 0.2) is 0 Å². The van der Waals surface area contributed by atoms with E-state index in [-0.39, 0.29) is 15.8 Å². The lowest BCUT2D eigenvalue weighted by atomic mass is 9.91. The third kappa shape index (κ3) is 3.43. The zero-order valence-corrected chi connectivity index (χ0v) is 20.8. The van der Waals surface area contributed by atoms with Crippen molar-refractivity contribution in [3.63, 3.8) is 0 Å². The van der Waals surface area contributed by atoms with Crippen LogP contribution in [0.5, 0.6) is 0 Å². The third-order valence-corrected chi connectivity index (χ3v) is 8.18. The second-order valence-electron chi connectivity index (χ2n) is 6.89. The van der Waals surface area contributed by atoms with Crippen LogP contribution in [-0.4, -0.2) is 32.2 Å². The Morgan fingerprint density at radius 3 is 2.32 bits per heavy atom. The summed E-state index contributed by atoms with van der Waals surface area (Å²) in [6.45, 7) is 1.94. The Hall–Kier alpha value is -0.600. The summed E-state index contributed by atoms with van der Waals surface area (Å²) in [5, 5.41) is 0.931. The van der Waals surface area contributed by atoms with Crippen molar-refractivity contribution in [1.29, 1.82) is 0 Å². The Balaban J connectivity index is 1.80. The lowest BCUT2D eigenvalue weighted by Crippen LogP contribution is -2.51. The van der Waals surface area contributed by atoms with Gasteiger partial charge in [0.2, 0.25) is 5.96 Å². The molecule has 0 saturated carbocycles. The molecule has 9 heteroatoms. The van der Waals surface area contributed by atoms with Gasteiger partial charge in [0.1, 0.15) is 15.4 Å². The van der Waals surface area contributed by atoms with Crippen molar-refractivity contribution in [3.05, 3.63) is 62.5 Å². The second-order valence-corrected chi connectivity index (χ2v) is 10.6. The molecule has 0 aromatic heterocycles. The van der Waals surface area contributed by atoms with Crippen LogP contribution in [0.2, 0.25) is 10.0 Å². The first-order valence-corrected chi connectivity index (χ1v) is 11.8. The number of rotatable bonds is 3. The van der Waals surface area contributed by atoms with Gasteiger partial charge in [0.25, 0.3) is 5.91 Å². The molecule has 2 aliphatic rings. The van der Waals surface area contributed by atoms with E-state index in [0.29, 0.717) is 28.1 Å². The smallest absolute Gasteiger partial charge is 0.259 e. The van der Waals surface area contributed by atoms with E-state index in [9.17, 15) is 4.79 Å². The molecular weight excluding hydrogens is 597 g/mol. The minimum Gasteiger partial charge on any atom is -0.312 e. The Morgan fingerprint density at radius 2 is 1.71 bits per heavy atom. The number of nitrogens with zero attached hydrogens (tertiary/aromatic N) is 3. The number of hydrogen-bond acceptors (Lipinski definition) is 3. The predicted molar refractivity (Wildman–Crippen MR) is 125 cm³/mol. The zero-order chi connectivity index (χ0) is 20.2. The number of carbonyl (C=O) groups excluding carboxylic acids is 1. The van der Waals surface area contributed by atoms with Gasteiger partial charge >= 0.3 is 0 Å². The maximum absolute atomic E-state index is 13.7. The Bertz CT molecular complexity index is 965. The highest BCUT2D eigenvalue weighted by molar-refractivity contribution is 9.12. The highest BCUT2D eigenvalue weighted by atomic mass is 79.9. The molecule has 1 fully saturated rings. The van der Waals surface area contributed by atoms with E-state index < -0.39 is 5.54 Å². The molecule has 0 aliphatic carbocycles. The molecule has 2 aliphatic heterocycles. The fourth-order valence-corrected chi connectivity index (χ4v) is 5.57. The van der Waals surface area contributed by atoms with Crippen LogP contribution in [0.1, 0.15) is 12.5 Å². The zero-order valence-electron chi connectivity index (χ0n) is 14.5. The molecule has 2 heterocycles. The molecule has 0 N–H and O–H groups in total. The third-order valence-electron chi connectivity index (χ3n) is 4.89. The lowest BCUT2D eigenvalue weighted by molar-refractivity contribution is -0.124. The summed E-state index contributed by atoms with van der Waals surface area (Å²) in [6.07, 6.45) is 0.532. The summed E-state index contributed by atoms with van der Waals surface area (Å²) < 4.78 is 0.997. The van der Waals surface area contributed by atoms with Gasteiger partial charge in [0.05, 0.1) is 5.69 Å². The Labute approximate surface area is 198 Å². The van der Waals surface area contributed by atoms with Crippen molar-refractivity contribution in [1.82, 2.24) is 4.90 Å². The maximum atomic E-state index is 13.7. The number of alkyl halides is 2. The minimum atomic E-state index is -0.821. The molecule has 4 rings (SSSR count). The van der Waals surface area contributed by atoms with E-state index in [0.717, 1.165) is 10.0 Å². The van der Waals surface area contributed by atoms with Gasteiger partial charge in [-0.2, -0.15) is 0 Å². The number of fused-ring (bicyclic) bond motifs is 1. The fraction of sp³-hybridized carbons (Fsp3) is 0.263. The summed E-state index contributed by atoms with van der Waals surface area (Å²) >= 11 is 23.1. The van der Waals surface area contributed by atoms with E-state index >= 15 is 0 Å². The average molecular weight is 611 g/mol. The summed E-state index contributed by atoms with van der Waals surface area (Å²) in [6, 6.07) is 13.1. The first-order chi connectivity index (χ1) is 13.2. The standard InChI is InChI=1S/C19H14Br3Cl2N3O/c1-19(9-10-2-4-11(20)5-3-10)17(28)26(14-7-12(23)6-13(24)8-14)18-25-15(21)16(22)27(18)19/h2-8,15-16H,9H2,1H3/t15?,16?,19-/m1/s1. The lowest BCUT2D eigenvalue weighted by Gasteiger charge is -2.34. The normalized spacial score (nSPS) is 26.6. The second kappa shape index (κ2) is 7.58. The predicted octanol–water partition coefficient (Wildman–Crippen LogP) is 6.22. The van der Waals surface area contributed by atoms with Gasteiger partial charge in [-0.05, 0) is 42.8 Å². The van der Waals surface area contributed by atoms with Crippen LogP contribution < -0.4 is 4.90 Å². The van der Waals surface area contributed by atoms with E-state index in [1.54, 1.807) is 23.1 Å². The van der Waals surface area contributed by atoms with Crippen molar-refractivity contribution in [2.45, 2.75) is 28.8 Å². The van der Waals surface area contributed by atoms with Crippen LogP contribution in [0.4, 0.5) is 5.69 Å². The molecular formula is C19H14Br3Cl2N3O. The number of benzene rings is 2. The van der Waals surface area contributed by atoms with E-state index in [1.165, 1.54) is 0 Å². The van der Waals surface area contributed by atoms with Crippen molar-refractivity contribution >= 4 is 88.5 Å². The number of aliphatic imine (C=N–C) groups is 1. The Kier molecular flexibility index (Phi) is 5.59. The van der Waals surface area contributed by atoms with Crippen molar-refractivity contribution < 1.29 is 4.79 Å². The minimum absolute atomic E-state index is 0.0728. The number of amides is 1. The highest BCUT2D eigenvalue weighted by Crippen LogP contribution is 2.44. The summed E-state index contributed by atoms with van der Waals surface area (Å²) in [5.41, 5.74) is 0.840. The number of hydrogen-bond donors (Lipinski definition) is 0. The summed E-state index contributed by atoms with van der Waals surface area (Å²) in [5.74, 6) is 0.503. The molecule has 0 radical (unpaired) electrons. The highest BCUT2D eigenvalue weighted by Gasteiger charge is 2.58. The molecule has 2 aromatic rings. The first kappa shape index (κ1) is 20.7. The van der Waals surface area contributed by atoms with Crippen molar-refractivity contribution in [2.24, 2.45) is 4.99 Å². The van der Waals surface area contributed by atoms with Crippen LogP contribution in [0.15, 0.2) is 51.9 Å². The molecule has 4 nitrogen and oxygen atoms in total. The molecule has 2 aromatic carbocycles. The number of carbonyl (C=O) groups is 1. The monoisotopic (exact) mass is 607 g/mol. The van der Waals surface area contributed by atoms with Crippen LogP contribution in [-0.2, 0) is 11.2 Å². The van der Waals surface area contributed by atoms with E-state index in [2.05, 4.69) is 52.8 Å². The number of guanidine groups is 1.